The Morgan fingerprint density at radius 3 is 2.47 bits per heavy atom. The molecule has 2 N–H and O–H groups in total. The first-order chi connectivity index (χ1) is 27.1. The number of likely N-dealkylation sites (tertiary alicyclic amines) is 1. The molecular formula is C50H72N4O3. The van der Waals surface area contributed by atoms with Crippen molar-refractivity contribution in [2.45, 2.75) is 143 Å². The number of rotatable bonds is 10. The summed E-state index contributed by atoms with van der Waals surface area (Å²) in [5, 5.41) is 24.4. The van der Waals surface area contributed by atoms with Crippen molar-refractivity contribution in [3.8, 4) is 11.9 Å². The van der Waals surface area contributed by atoms with Crippen LogP contribution in [-0.2, 0) is 4.79 Å². The van der Waals surface area contributed by atoms with E-state index in [1.54, 1.807) is 18.3 Å². The summed E-state index contributed by atoms with van der Waals surface area (Å²) in [5.74, 6) is 2.69. The molecule has 0 spiro atoms. The third-order valence-corrected chi connectivity index (χ3v) is 18.8. The molecule has 57 heavy (non-hydrogen) atoms. The number of nitrogens with zero attached hydrogens (tertiary/aromatic N) is 3. The molecule has 310 valence electrons. The second kappa shape index (κ2) is 14.9. The number of fused-ring (bicyclic) bond motifs is 7. The smallest absolute Gasteiger partial charge is 0.313 e. The summed E-state index contributed by atoms with van der Waals surface area (Å²) in [6.07, 6.45) is 23.8. The lowest BCUT2D eigenvalue weighted by atomic mass is 9.33. The largest absolute Gasteiger partial charge is 0.481 e. The Hall–Kier alpha value is -2.95. The van der Waals surface area contributed by atoms with E-state index in [-0.39, 0.29) is 28.9 Å². The Morgan fingerprint density at radius 2 is 1.77 bits per heavy atom. The first kappa shape index (κ1) is 40.8. The van der Waals surface area contributed by atoms with Crippen LogP contribution in [0.5, 0.6) is 5.88 Å². The first-order valence-electron chi connectivity index (χ1n) is 22.9. The number of allylic oxidation sites excluding steroid dienone is 5. The van der Waals surface area contributed by atoms with Crippen LogP contribution in [0, 0.1) is 68.0 Å². The van der Waals surface area contributed by atoms with Crippen LogP contribution in [0.25, 0.3) is 0 Å². The topological polar surface area (TPSA) is 98.5 Å². The maximum atomic E-state index is 12.8. The van der Waals surface area contributed by atoms with E-state index in [1.165, 1.54) is 107 Å². The Morgan fingerprint density at radius 1 is 0.982 bits per heavy atom. The summed E-state index contributed by atoms with van der Waals surface area (Å²) in [6.45, 7) is 25.1. The predicted molar refractivity (Wildman–Crippen MR) is 227 cm³/mol. The molecule has 0 radical (unpaired) electrons. The lowest BCUT2D eigenvalue weighted by Gasteiger charge is -2.72. The third-order valence-electron chi connectivity index (χ3n) is 18.8. The molecule has 7 heteroatoms. The van der Waals surface area contributed by atoms with Crippen LogP contribution in [0.1, 0.15) is 143 Å². The zero-order valence-electron chi connectivity index (χ0n) is 36.2. The molecule has 1 aromatic heterocycles. The van der Waals surface area contributed by atoms with Gasteiger partial charge in [-0.2, -0.15) is 5.26 Å². The summed E-state index contributed by atoms with van der Waals surface area (Å²) in [4.78, 5) is 19.7. The maximum absolute atomic E-state index is 12.8. The third kappa shape index (κ3) is 6.48. The van der Waals surface area contributed by atoms with Gasteiger partial charge in [0.25, 0.3) is 0 Å². The number of pyridine rings is 1. The van der Waals surface area contributed by atoms with E-state index >= 15 is 0 Å². The van der Waals surface area contributed by atoms with Crippen molar-refractivity contribution in [2.75, 3.05) is 32.8 Å². The molecule has 2 heterocycles. The van der Waals surface area contributed by atoms with Gasteiger partial charge in [0.15, 0.2) is 0 Å². The number of carboxylic acid groups (broad SMARTS) is 1. The number of aliphatic carboxylic acids is 1. The van der Waals surface area contributed by atoms with Gasteiger partial charge in [-0.15, -0.1) is 0 Å². The first-order valence-corrected chi connectivity index (χ1v) is 22.9. The summed E-state index contributed by atoms with van der Waals surface area (Å²) >= 11 is 0. The van der Waals surface area contributed by atoms with E-state index in [1.807, 2.05) is 0 Å². The number of hydrogen-bond acceptors (Lipinski definition) is 6. The molecule has 5 fully saturated rings. The quantitative estimate of drug-likeness (QED) is 0.228. The molecule has 10 atom stereocenters. The van der Waals surface area contributed by atoms with Crippen LogP contribution < -0.4 is 10.1 Å². The highest BCUT2D eigenvalue weighted by Gasteiger charge is 2.70. The van der Waals surface area contributed by atoms with E-state index < -0.39 is 11.4 Å². The predicted octanol–water partition coefficient (Wildman–Crippen LogP) is 10.5. The normalized spacial score (nSPS) is 41.2. The summed E-state index contributed by atoms with van der Waals surface area (Å²) in [7, 11) is 0. The standard InChI is InChI=1S/C50H72N4O3/c1-34(2)37-17-24-50(53-28-31-54-29-9-8-10-30-54)26-25-47(6)39(42(37)50)13-14-41-46(5)20-18-38(45(3,4)40(46)19-21-48(41,47)7)35-15-22-49(23-16-35,44(55)56)33-57-43-36(32-51)12-11-27-52-43/h11-12,15,18,27,37,39-42,53H,1,8-10,13-14,16-17,19-26,28-31,33H2,2-7H3,(H,55,56)/t37-,39+,40-,41+,42+,46-,47+,48+,49?,50-/m0/s1. The van der Waals surface area contributed by atoms with E-state index in [2.05, 4.69) is 81.5 Å². The van der Waals surface area contributed by atoms with Gasteiger partial charge in [-0.1, -0.05) is 65.3 Å². The Kier molecular flexibility index (Phi) is 10.7. The molecule has 4 saturated carbocycles. The number of carbonyl (C=O) groups is 1. The van der Waals surface area contributed by atoms with Gasteiger partial charge < -0.3 is 20.1 Å². The monoisotopic (exact) mass is 777 g/mol. The van der Waals surface area contributed by atoms with Crippen molar-refractivity contribution in [3.63, 3.8) is 0 Å². The zero-order valence-corrected chi connectivity index (χ0v) is 36.2. The molecular weight excluding hydrogens is 705 g/mol. The van der Waals surface area contributed by atoms with E-state index in [0.29, 0.717) is 52.9 Å². The number of nitrogens with one attached hydrogen (secondary N) is 1. The maximum Gasteiger partial charge on any atom is 0.313 e. The fourth-order valence-corrected chi connectivity index (χ4v) is 15.6. The van der Waals surface area contributed by atoms with Crippen LogP contribution in [0.2, 0.25) is 0 Å². The highest BCUT2D eigenvalue weighted by molar-refractivity contribution is 5.75. The lowest BCUT2D eigenvalue weighted by molar-refractivity contribution is -0.221. The number of carboxylic acids is 1. The molecule has 7 aliphatic rings. The second-order valence-electron chi connectivity index (χ2n) is 21.5. The van der Waals surface area contributed by atoms with Gasteiger partial charge in [0.05, 0.1) is 0 Å². The highest BCUT2D eigenvalue weighted by Crippen LogP contribution is 2.76. The molecule has 0 amide bonds. The summed E-state index contributed by atoms with van der Waals surface area (Å²) in [6, 6.07) is 5.47. The summed E-state index contributed by atoms with van der Waals surface area (Å²) in [5.41, 5.74) is 4.61. The molecule has 1 saturated heterocycles. The number of aromatic nitrogens is 1. The Balaban J connectivity index is 1.02. The number of nitriles is 1. The molecule has 0 aromatic carbocycles. The number of ether oxygens (including phenoxy) is 1. The van der Waals surface area contributed by atoms with E-state index in [4.69, 9.17) is 4.74 Å². The minimum Gasteiger partial charge on any atom is -0.481 e. The summed E-state index contributed by atoms with van der Waals surface area (Å²) < 4.78 is 5.96. The van der Waals surface area contributed by atoms with Crippen LogP contribution in [0.15, 0.2) is 53.8 Å². The average Bonchev–Trinajstić information content (AvgIpc) is 3.58. The van der Waals surface area contributed by atoms with Gasteiger partial charge in [-0.25, -0.2) is 4.98 Å². The molecule has 1 aromatic rings. The molecule has 0 bridgehead atoms. The van der Waals surface area contributed by atoms with Crippen LogP contribution in [-0.4, -0.2) is 59.3 Å². The van der Waals surface area contributed by atoms with Crippen molar-refractivity contribution >= 4 is 5.97 Å². The van der Waals surface area contributed by atoms with Gasteiger partial charge in [-0.05, 0) is 184 Å². The van der Waals surface area contributed by atoms with Gasteiger partial charge >= 0.3 is 5.97 Å². The van der Waals surface area contributed by atoms with Crippen LogP contribution in [0.3, 0.4) is 0 Å². The van der Waals surface area contributed by atoms with Gasteiger partial charge in [0, 0.05) is 24.8 Å². The fourth-order valence-electron chi connectivity index (χ4n) is 15.6. The fraction of sp³-hybridized carbons (Fsp3) is 0.740. The molecule has 1 unspecified atom stereocenters. The molecule has 6 aliphatic carbocycles. The Bertz CT molecular complexity index is 1840. The minimum atomic E-state index is -1.04. The van der Waals surface area contributed by atoms with E-state index in [0.717, 1.165) is 25.3 Å². The molecule has 7 nitrogen and oxygen atoms in total. The van der Waals surface area contributed by atoms with Crippen molar-refractivity contribution in [1.29, 1.82) is 5.26 Å². The van der Waals surface area contributed by atoms with E-state index in [9.17, 15) is 15.2 Å². The average molecular weight is 777 g/mol. The van der Waals surface area contributed by atoms with Crippen molar-refractivity contribution in [3.05, 3.63) is 59.3 Å². The second-order valence-corrected chi connectivity index (χ2v) is 21.5. The van der Waals surface area contributed by atoms with Crippen molar-refractivity contribution < 1.29 is 14.6 Å². The number of hydrogen-bond donors (Lipinski definition) is 2. The van der Waals surface area contributed by atoms with Crippen LogP contribution >= 0.6 is 0 Å². The minimum absolute atomic E-state index is 0.00376. The van der Waals surface area contributed by atoms with Crippen molar-refractivity contribution in [1.82, 2.24) is 15.2 Å². The molecule has 1 aliphatic heterocycles. The van der Waals surface area contributed by atoms with Crippen molar-refractivity contribution in [2.24, 2.45) is 56.7 Å². The highest BCUT2D eigenvalue weighted by atomic mass is 16.5. The Labute approximate surface area is 344 Å². The molecule has 8 rings (SSSR count). The van der Waals surface area contributed by atoms with Gasteiger partial charge in [-0.3, -0.25) is 4.79 Å². The lowest BCUT2D eigenvalue weighted by Crippen LogP contribution is -2.68. The number of piperidine rings is 1. The zero-order chi connectivity index (χ0) is 40.4. The SMILES string of the molecule is C=C(C)[C@@H]1CC[C@]2(NCCN3CCCCC3)CC[C@]3(C)[C@H](CC[C@@H]4[C@@]5(C)CC=C(C6=CCC(COc7ncccc7C#N)(C(=O)O)CC6)C(C)(C)[C@@H]5CC[C@]43C)[C@@H]12. The van der Waals surface area contributed by atoms with Gasteiger partial charge in [0.1, 0.15) is 23.7 Å². The van der Waals surface area contributed by atoms with Crippen LogP contribution in [0.4, 0.5) is 0 Å². The van der Waals surface area contributed by atoms with Gasteiger partial charge in [0.2, 0.25) is 5.88 Å².